The maximum Gasteiger partial charge on any atom is 0.271 e. The fraction of sp³-hybridized carbons (Fsp3) is 0.167. The molecule has 10 heteroatoms. The normalized spacial score (nSPS) is 12.3. The third kappa shape index (κ3) is 3.93. The van der Waals surface area contributed by atoms with E-state index in [1.54, 1.807) is 25.1 Å². The third-order valence-corrected chi connectivity index (χ3v) is 8.76. The molecule has 1 N–H and O–H groups in total. The maximum atomic E-state index is 13.0. The van der Waals surface area contributed by atoms with Gasteiger partial charge in [0.1, 0.15) is 4.21 Å². The molecule has 0 bridgehead atoms. The minimum atomic E-state index is -4.06. The Labute approximate surface area is 172 Å². The molecule has 0 aliphatic rings. The Balaban J connectivity index is 2.13. The number of carbonyl (C=O) groups is 1. The molecule has 148 valence electrons. The first-order valence-corrected chi connectivity index (χ1v) is 12.5. The number of benzene rings is 2. The van der Waals surface area contributed by atoms with Crippen LogP contribution < -0.4 is 4.72 Å². The number of nitrogens with one attached hydrogen (secondary N) is 1. The summed E-state index contributed by atoms with van der Waals surface area (Å²) in [6.07, 6.45) is 0.955. The first-order valence-electron chi connectivity index (χ1n) is 7.96. The molecule has 0 saturated carbocycles. The molecular formula is C18H16ClNO5S3. The van der Waals surface area contributed by atoms with Crippen molar-refractivity contribution in [1.29, 1.82) is 0 Å². The van der Waals surface area contributed by atoms with Crippen LogP contribution in [0, 0.1) is 6.92 Å². The summed E-state index contributed by atoms with van der Waals surface area (Å²) in [4.78, 5) is 11.3. The number of Topliss-reactive ketones (excluding diaryl/α,β-unsaturated/α-hetero) is 1. The van der Waals surface area contributed by atoms with Gasteiger partial charge in [-0.25, -0.2) is 16.8 Å². The number of hydrogen-bond donors (Lipinski definition) is 1. The van der Waals surface area contributed by atoms with E-state index in [0.717, 1.165) is 22.3 Å². The summed E-state index contributed by atoms with van der Waals surface area (Å²) < 4.78 is 53.4. The first-order chi connectivity index (χ1) is 12.9. The first kappa shape index (κ1) is 20.8. The summed E-state index contributed by atoms with van der Waals surface area (Å²) in [5.74, 6) is -0.323. The number of rotatable bonds is 5. The largest absolute Gasteiger partial charge is 0.295 e. The second kappa shape index (κ2) is 7.14. The van der Waals surface area contributed by atoms with Crippen molar-refractivity contribution in [2.45, 2.75) is 23.0 Å². The van der Waals surface area contributed by atoms with Crippen molar-refractivity contribution in [3.05, 3.63) is 52.5 Å². The summed E-state index contributed by atoms with van der Waals surface area (Å²) in [6.45, 7) is 2.97. The minimum Gasteiger partial charge on any atom is -0.295 e. The van der Waals surface area contributed by atoms with Gasteiger partial charge in [-0.1, -0.05) is 11.6 Å². The van der Waals surface area contributed by atoms with Gasteiger partial charge in [0.25, 0.3) is 10.0 Å². The number of carbonyl (C=O) groups excluding carboxylic acids is 1. The molecule has 2 aromatic carbocycles. The topological polar surface area (TPSA) is 97.4 Å². The Bertz CT molecular complexity index is 1320. The van der Waals surface area contributed by atoms with Crippen molar-refractivity contribution in [2.24, 2.45) is 0 Å². The number of ketones is 1. The number of sulfone groups is 1. The highest BCUT2D eigenvalue weighted by Crippen LogP contribution is 2.37. The molecule has 1 aromatic heterocycles. The van der Waals surface area contributed by atoms with Crippen LogP contribution in [0.5, 0.6) is 0 Å². The van der Waals surface area contributed by atoms with E-state index in [1.807, 2.05) is 0 Å². The zero-order chi connectivity index (χ0) is 20.9. The molecule has 0 amide bonds. The Morgan fingerprint density at radius 2 is 1.75 bits per heavy atom. The predicted octanol–water partition coefficient (Wildman–Crippen LogP) is 4.27. The van der Waals surface area contributed by atoms with E-state index < -0.39 is 19.9 Å². The summed E-state index contributed by atoms with van der Waals surface area (Å²) in [6, 6.07) is 8.93. The number of fused-ring (bicyclic) bond motifs is 1. The molecule has 0 aliphatic heterocycles. The van der Waals surface area contributed by atoms with Gasteiger partial charge in [-0.2, -0.15) is 0 Å². The molecule has 3 rings (SSSR count). The monoisotopic (exact) mass is 457 g/mol. The molecule has 3 aromatic rings. The molecule has 0 atom stereocenters. The minimum absolute atomic E-state index is 0.0693. The van der Waals surface area contributed by atoms with Crippen molar-refractivity contribution < 1.29 is 21.6 Å². The van der Waals surface area contributed by atoms with E-state index in [4.69, 9.17) is 11.6 Å². The molecular weight excluding hydrogens is 442 g/mol. The van der Waals surface area contributed by atoms with E-state index in [0.29, 0.717) is 16.0 Å². The van der Waals surface area contributed by atoms with Crippen molar-refractivity contribution in [3.63, 3.8) is 0 Å². The van der Waals surface area contributed by atoms with Crippen LogP contribution in [-0.2, 0) is 19.9 Å². The second-order valence-corrected chi connectivity index (χ2v) is 11.7. The van der Waals surface area contributed by atoms with Crippen LogP contribution in [0.2, 0.25) is 5.02 Å². The zero-order valence-corrected chi connectivity index (χ0v) is 18.3. The van der Waals surface area contributed by atoms with Gasteiger partial charge < -0.3 is 0 Å². The highest BCUT2D eigenvalue weighted by atomic mass is 35.5. The highest BCUT2D eigenvalue weighted by Gasteiger charge is 2.25. The standard InChI is InChI=1S/C18H16ClNO5S3/c1-10-14-9-13(19)5-7-16(14)26-18(10)28(24,25)20-15-6-4-12(11(2)21)8-17(15)27(3,22)23/h4-9,20H,1-3H3. The van der Waals surface area contributed by atoms with Crippen LogP contribution in [0.25, 0.3) is 10.1 Å². The van der Waals surface area contributed by atoms with Crippen molar-refractivity contribution in [3.8, 4) is 0 Å². The average molecular weight is 458 g/mol. The Morgan fingerprint density at radius 1 is 1.07 bits per heavy atom. The predicted molar refractivity (Wildman–Crippen MR) is 112 cm³/mol. The van der Waals surface area contributed by atoms with Crippen molar-refractivity contribution >= 4 is 64.4 Å². The molecule has 0 radical (unpaired) electrons. The smallest absolute Gasteiger partial charge is 0.271 e. The molecule has 0 spiro atoms. The van der Waals surface area contributed by atoms with Crippen LogP contribution in [0.4, 0.5) is 5.69 Å². The van der Waals surface area contributed by atoms with Crippen LogP contribution in [0.3, 0.4) is 0 Å². The van der Waals surface area contributed by atoms with E-state index in [-0.39, 0.29) is 26.1 Å². The molecule has 0 fully saturated rings. The van der Waals surface area contributed by atoms with Crippen LogP contribution in [0.1, 0.15) is 22.8 Å². The molecule has 0 unspecified atom stereocenters. The number of thiophene rings is 1. The lowest BCUT2D eigenvalue weighted by Gasteiger charge is -2.12. The van der Waals surface area contributed by atoms with Crippen LogP contribution in [0.15, 0.2) is 45.5 Å². The SMILES string of the molecule is CC(=O)c1ccc(NS(=O)(=O)c2sc3ccc(Cl)cc3c2C)c(S(C)(=O)=O)c1. The van der Waals surface area contributed by atoms with Gasteiger partial charge in [0, 0.05) is 21.5 Å². The average Bonchev–Trinajstić information content (AvgIpc) is 2.91. The van der Waals surface area contributed by atoms with Gasteiger partial charge in [-0.3, -0.25) is 9.52 Å². The lowest BCUT2D eigenvalue weighted by molar-refractivity contribution is 0.101. The third-order valence-electron chi connectivity index (χ3n) is 4.13. The van der Waals surface area contributed by atoms with E-state index in [1.165, 1.54) is 25.1 Å². The van der Waals surface area contributed by atoms with Crippen molar-refractivity contribution in [1.82, 2.24) is 0 Å². The molecule has 0 aliphatic carbocycles. The maximum absolute atomic E-state index is 13.0. The summed E-state index contributed by atoms with van der Waals surface area (Å²) in [5.41, 5.74) is 0.592. The van der Waals surface area contributed by atoms with Gasteiger partial charge in [0.2, 0.25) is 0 Å². The van der Waals surface area contributed by atoms with E-state index in [9.17, 15) is 21.6 Å². The van der Waals surface area contributed by atoms with Gasteiger partial charge >= 0.3 is 0 Å². The van der Waals surface area contributed by atoms with Crippen LogP contribution in [-0.4, -0.2) is 28.9 Å². The van der Waals surface area contributed by atoms with Gasteiger partial charge in [-0.15, -0.1) is 11.3 Å². The molecule has 6 nitrogen and oxygen atoms in total. The fourth-order valence-electron chi connectivity index (χ4n) is 2.75. The number of sulfonamides is 1. The van der Waals surface area contributed by atoms with Gasteiger partial charge in [-0.05, 0) is 61.2 Å². The Morgan fingerprint density at radius 3 is 2.36 bits per heavy atom. The number of aryl methyl sites for hydroxylation is 1. The number of hydrogen-bond acceptors (Lipinski definition) is 6. The van der Waals surface area contributed by atoms with E-state index >= 15 is 0 Å². The zero-order valence-electron chi connectivity index (χ0n) is 15.1. The summed E-state index contributed by atoms with van der Waals surface area (Å²) in [5, 5.41) is 1.21. The summed E-state index contributed by atoms with van der Waals surface area (Å²) >= 11 is 7.07. The molecule has 28 heavy (non-hydrogen) atoms. The number of anilines is 1. The molecule has 0 saturated heterocycles. The van der Waals surface area contributed by atoms with E-state index in [2.05, 4.69) is 4.72 Å². The second-order valence-electron chi connectivity index (χ2n) is 6.30. The van der Waals surface area contributed by atoms with Gasteiger partial charge in [0.15, 0.2) is 15.6 Å². The lowest BCUT2D eigenvalue weighted by atomic mass is 10.1. The highest BCUT2D eigenvalue weighted by molar-refractivity contribution is 7.95. The lowest BCUT2D eigenvalue weighted by Crippen LogP contribution is -2.15. The van der Waals surface area contributed by atoms with Gasteiger partial charge in [0.05, 0.1) is 10.6 Å². The summed E-state index contributed by atoms with van der Waals surface area (Å²) in [7, 11) is -7.84. The van der Waals surface area contributed by atoms with Crippen molar-refractivity contribution in [2.75, 3.05) is 11.0 Å². The Kier molecular flexibility index (Phi) is 5.30. The van der Waals surface area contributed by atoms with Crippen LogP contribution >= 0.6 is 22.9 Å². The quantitative estimate of drug-likeness (QED) is 0.577. The molecule has 1 heterocycles. The fourth-order valence-corrected chi connectivity index (χ4v) is 6.67. The number of halogens is 1. The Hall–Kier alpha value is -1.94.